The minimum absolute atomic E-state index is 0.0740. The average molecular weight is 546 g/mol. The number of nitrogens with zero attached hydrogens (tertiary/aromatic N) is 5. The summed E-state index contributed by atoms with van der Waals surface area (Å²) in [4.78, 5) is 22.2. The molecule has 13 heteroatoms. The number of amides is 1. The monoisotopic (exact) mass is 545 g/mol. The number of carbonyl (C=O) groups is 1. The molecule has 0 saturated heterocycles. The normalized spacial score (nSPS) is 22.0. The van der Waals surface area contributed by atoms with E-state index in [1.54, 1.807) is 12.1 Å². The van der Waals surface area contributed by atoms with Gasteiger partial charge in [0.15, 0.2) is 22.1 Å². The van der Waals surface area contributed by atoms with E-state index in [1.807, 2.05) is 0 Å². The summed E-state index contributed by atoms with van der Waals surface area (Å²) in [7, 11) is 0. The highest BCUT2D eigenvalue weighted by atomic mass is 32.2. The van der Waals surface area contributed by atoms with Crippen molar-refractivity contribution >= 4 is 34.7 Å². The predicted octanol–water partition coefficient (Wildman–Crippen LogP) is 1.77. The maximum Gasteiger partial charge on any atom is 0.226 e. The van der Waals surface area contributed by atoms with Gasteiger partial charge in [0, 0.05) is 18.8 Å². The van der Waals surface area contributed by atoms with Gasteiger partial charge in [0.25, 0.3) is 0 Å². The number of hydrogen-bond acceptors (Lipinski definition) is 11. The summed E-state index contributed by atoms with van der Waals surface area (Å²) in [6, 6.07) is 5.30. The maximum absolute atomic E-state index is 12.9. The van der Waals surface area contributed by atoms with Gasteiger partial charge in [0.05, 0.1) is 24.2 Å². The molecule has 0 radical (unpaired) electrons. The number of fused-ring (bicyclic) bond motifs is 1. The van der Waals surface area contributed by atoms with E-state index in [2.05, 4.69) is 44.8 Å². The van der Waals surface area contributed by atoms with Crippen molar-refractivity contribution in [3.8, 4) is 5.75 Å². The zero-order valence-corrected chi connectivity index (χ0v) is 22.3. The molecular formula is C25H35N7O5S. The third-order valence-electron chi connectivity index (χ3n) is 6.61. The predicted molar refractivity (Wildman–Crippen MR) is 143 cm³/mol. The molecule has 1 aromatic carbocycles. The number of benzene rings is 1. The molecule has 0 bridgehead atoms. The summed E-state index contributed by atoms with van der Waals surface area (Å²) < 4.78 is 1.48. The molecule has 1 aliphatic rings. The average Bonchev–Trinajstić information content (AvgIpc) is 3.47. The van der Waals surface area contributed by atoms with Crippen molar-refractivity contribution in [2.75, 3.05) is 24.2 Å². The van der Waals surface area contributed by atoms with Gasteiger partial charge in [-0.25, -0.2) is 14.6 Å². The summed E-state index contributed by atoms with van der Waals surface area (Å²) in [6.45, 7) is 4.81. The van der Waals surface area contributed by atoms with Crippen LogP contribution in [0.2, 0.25) is 0 Å². The Hall–Kier alpha value is -3.00. The summed E-state index contributed by atoms with van der Waals surface area (Å²) in [5, 5.41) is 56.4. The zero-order chi connectivity index (χ0) is 27.2. The number of unbranched alkanes of at least 4 members (excludes halogenated alkanes) is 1. The lowest BCUT2D eigenvalue weighted by Crippen LogP contribution is -2.39. The van der Waals surface area contributed by atoms with Crippen LogP contribution >= 0.6 is 11.8 Å². The van der Waals surface area contributed by atoms with E-state index in [0.29, 0.717) is 27.7 Å². The first kappa shape index (κ1) is 28.0. The van der Waals surface area contributed by atoms with Crippen molar-refractivity contribution in [2.45, 2.75) is 69.0 Å². The number of anilines is 1. The third-order valence-corrected chi connectivity index (χ3v) is 7.66. The van der Waals surface area contributed by atoms with E-state index in [4.69, 9.17) is 0 Å². The number of thioether (sulfide) groups is 1. The number of aromatic hydroxyl groups is 1. The Morgan fingerprint density at radius 2 is 1.92 bits per heavy atom. The fourth-order valence-electron chi connectivity index (χ4n) is 4.45. The SMILES string of the molecule is CCCCNc1nc(SCCC)nc2c1nnn2C1C[C@H](C(=O)NCC(O)c2ccc(O)cc2)C(O)C1O. The van der Waals surface area contributed by atoms with E-state index in [-0.39, 0.29) is 18.7 Å². The van der Waals surface area contributed by atoms with Crippen LogP contribution in [-0.4, -0.2) is 82.3 Å². The highest BCUT2D eigenvalue weighted by molar-refractivity contribution is 7.99. The van der Waals surface area contributed by atoms with Gasteiger partial charge in [-0.05, 0) is 37.0 Å². The lowest BCUT2D eigenvalue weighted by atomic mass is 10.0. The number of phenolic OH excluding ortho intramolecular Hbond substituents is 1. The molecule has 0 spiro atoms. The van der Waals surface area contributed by atoms with Gasteiger partial charge < -0.3 is 31.1 Å². The second-order valence-corrected chi connectivity index (χ2v) is 10.5. The zero-order valence-electron chi connectivity index (χ0n) is 21.5. The first-order valence-corrected chi connectivity index (χ1v) is 13.9. The summed E-state index contributed by atoms with van der Waals surface area (Å²) in [5.74, 6) is 0.0739. The minimum Gasteiger partial charge on any atom is -0.508 e. The fraction of sp³-hybridized carbons (Fsp3) is 0.560. The molecule has 38 heavy (non-hydrogen) atoms. The van der Waals surface area contributed by atoms with Gasteiger partial charge in [-0.3, -0.25) is 4.79 Å². The Morgan fingerprint density at radius 3 is 2.63 bits per heavy atom. The van der Waals surface area contributed by atoms with Crippen LogP contribution < -0.4 is 10.6 Å². The number of phenols is 1. The quantitative estimate of drug-likeness (QED) is 0.111. The molecule has 1 aliphatic carbocycles. The molecule has 3 aromatic rings. The highest BCUT2D eigenvalue weighted by Gasteiger charge is 2.47. The van der Waals surface area contributed by atoms with Gasteiger partial charge in [-0.1, -0.05) is 49.4 Å². The molecule has 12 nitrogen and oxygen atoms in total. The third kappa shape index (κ3) is 6.17. The molecule has 206 valence electrons. The molecule has 2 heterocycles. The van der Waals surface area contributed by atoms with Crippen LogP contribution in [0.1, 0.15) is 57.2 Å². The standard InChI is InChI=1S/C25H35N7O5S/c1-3-5-10-26-22-19-23(29-25(28-22)38-11-4-2)32(31-30-19)17-12-16(20(35)21(17)36)24(37)27-13-18(34)14-6-8-15(33)9-7-14/h6-9,16-18,20-21,33-36H,3-5,10-13H2,1-2H3,(H,27,37)(H,26,28,29)/t16-,17?,18?,20?,21?/m0/s1. The second kappa shape index (κ2) is 12.7. The molecular weight excluding hydrogens is 510 g/mol. The highest BCUT2D eigenvalue weighted by Crippen LogP contribution is 2.37. The molecule has 4 unspecified atom stereocenters. The summed E-state index contributed by atoms with van der Waals surface area (Å²) in [5.41, 5.74) is 1.42. The molecule has 2 aromatic heterocycles. The molecule has 5 atom stereocenters. The van der Waals surface area contributed by atoms with Crippen molar-refractivity contribution in [3.05, 3.63) is 29.8 Å². The van der Waals surface area contributed by atoms with E-state index in [1.165, 1.54) is 28.6 Å². The summed E-state index contributed by atoms with van der Waals surface area (Å²) >= 11 is 1.51. The van der Waals surface area contributed by atoms with Crippen LogP contribution in [0.5, 0.6) is 5.75 Å². The van der Waals surface area contributed by atoms with Crippen LogP contribution in [0.4, 0.5) is 5.82 Å². The van der Waals surface area contributed by atoms with Crippen molar-refractivity contribution in [1.29, 1.82) is 0 Å². The molecule has 1 amide bonds. The Balaban J connectivity index is 1.51. The number of carbonyl (C=O) groups excluding carboxylic acids is 1. The smallest absolute Gasteiger partial charge is 0.226 e. The van der Waals surface area contributed by atoms with Crippen molar-refractivity contribution in [3.63, 3.8) is 0 Å². The Bertz CT molecular complexity index is 1220. The summed E-state index contributed by atoms with van der Waals surface area (Å²) in [6.07, 6.45) is -0.544. The maximum atomic E-state index is 12.9. The van der Waals surface area contributed by atoms with E-state index >= 15 is 0 Å². The molecule has 4 rings (SSSR count). The first-order chi connectivity index (χ1) is 18.3. The lowest BCUT2D eigenvalue weighted by Gasteiger charge is -2.18. The van der Waals surface area contributed by atoms with E-state index < -0.39 is 36.2 Å². The van der Waals surface area contributed by atoms with Crippen molar-refractivity contribution in [2.24, 2.45) is 5.92 Å². The van der Waals surface area contributed by atoms with E-state index in [0.717, 1.165) is 31.6 Å². The molecule has 1 saturated carbocycles. The number of rotatable bonds is 12. The van der Waals surface area contributed by atoms with Gasteiger partial charge in [0.1, 0.15) is 11.9 Å². The first-order valence-electron chi connectivity index (χ1n) is 12.9. The van der Waals surface area contributed by atoms with Crippen LogP contribution in [0.15, 0.2) is 29.4 Å². The number of aliphatic hydroxyl groups excluding tert-OH is 3. The van der Waals surface area contributed by atoms with Crippen LogP contribution in [0.3, 0.4) is 0 Å². The number of hydrogen-bond donors (Lipinski definition) is 6. The minimum atomic E-state index is -1.33. The van der Waals surface area contributed by atoms with Gasteiger partial charge in [0.2, 0.25) is 5.91 Å². The van der Waals surface area contributed by atoms with Gasteiger partial charge in [-0.2, -0.15) is 0 Å². The largest absolute Gasteiger partial charge is 0.508 e. The van der Waals surface area contributed by atoms with Gasteiger partial charge >= 0.3 is 0 Å². The molecule has 6 N–H and O–H groups in total. The Morgan fingerprint density at radius 1 is 1.16 bits per heavy atom. The molecule has 1 fully saturated rings. The van der Waals surface area contributed by atoms with Crippen molar-refractivity contribution < 1.29 is 25.2 Å². The fourth-order valence-corrected chi connectivity index (χ4v) is 5.15. The van der Waals surface area contributed by atoms with Crippen LogP contribution in [0, 0.1) is 5.92 Å². The Labute approximate surface area is 224 Å². The van der Waals surface area contributed by atoms with Gasteiger partial charge in [-0.15, -0.1) is 5.10 Å². The topological polar surface area (TPSA) is 179 Å². The van der Waals surface area contributed by atoms with Crippen LogP contribution in [-0.2, 0) is 4.79 Å². The van der Waals surface area contributed by atoms with Crippen molar-refractivity contribution in [1.82, 2.24) is 30.3 Å². The Kier molecular flexibility index (Phi) is 9.36. The van der Waals surface area contributed by atoms with E-state index in [9.17, 15) is 25.2 Å². The number of nitrogens with one attached hydrogen (secondary N) is 2. The number of aliphatic hydroxyl groups is 3. The lowest BCUT2D eigenvalue weighted by molar-refractivity contribution is -0.129. The molecule has 0 aliphatic heterocycles. The second-order valence-electron chi connectivity index (χ2n) is 9.43. The number of aromatic nitrogens is 5. The van der Waals surface area contributed by atoms with Crippen LogP contribution in [0.25, 0.3) is 11.2 Å².